The minimum absolute atomic E-state index is 0.581. The summed E-state index contributed by atoms with van der Waals surface area (Å²) in [5.74, 6) is 0.867. The molecule has 1 aromatic rings. The van der Waals surface area contributed by atoms with Gasteiger partial charge in [0.1, 0.15) is 0 Å². The van der Waals surface area contributed by atoms with E-state index in [1.54, 1.807) is 0 Å². The third-order valence-corrected chi connectivity index (χ3v) is 4.31. The Hall–Kier alpha value is -1.20. The highest BCUT2D eigenvalue weighted by atomic mass is 15.7. The first-order valence-corrected chi connectivity index (χ1v) is 7.37. The molecule has 1 N–H and O–H groups in total. The molecule has 104 valence electrons. The number of rotatable bonds is 4. The van der Waals surface area contributed by atoms with E-state index in [1.165, 1.54) is 32.1 Å². The SMILES string of the molecule is CNC1CCN(N(c2ncccn2)C2CCCC2)C1. The van der Waals surface area contributed by atoms with E-state index in [0.717, 1.165) is 19.0 Å². The molecule has 1 saturated heterocycles. The van der Waals surface area contributed by atoms with Gasteiger partial charge >= 0.3 is 0 Å². The van der Waals surface area contributed by atoms with E-state index < -0.39 is 0 Å². The van der Waals surface area contributed by atoms with Crippen molar-refractivity contribution in [2.45, 2.75) is 44.2 Å². The van der Waals surface area contributed by atoms with Crippen molar-refractivity contribution in [1.82, 2.24) is 20.3 Å². The standard InChI is InChI=1S/C14H23N5/c1-15-12-7-10-18(11-12)19(13-5-2-3-6-13)14-16-8-4-9-17-14/h4,8-9,12-13,15H,2-3,5-7,10-11H2,1H3. The van der Waals surface area contributed by atoms with E-state index in [1.807, 2.05) is 25.5 Å². The lowest BCUT2D eigenvalue weighted by molar-refractivity contribution is 0.260. The third-order valence-electron chi connectivity index (χ3n) is 4.31. The van der Waals surface area contributed by atoms with E-state index in [9.17, 15) is 0 Å². The van der Waals surface area contributed by atoms with Crippen LogP contribution < -0.4 is 10.3 Å². The van der Waals surface area contributed by atoms with Gasteiger partial charge in [0.2, 0.25) is 5.95 Å². The molecule has 3 rings (SSSR count). The zero-order chi connectivity index (χ0) is 13.1. The molecule has 19 heavy (non-hydrogen) atoms. The van der Waals surface area contributed by atoms with Gasteiger partial charge in [0, 0.05) is 37.6 Å². The number of hydrogen-bond donors (Lipinski definition) is 1. The summed E-state index contributed by atoms with van der Waals surface area (Å²) in [5.41, 5.74) is 0. The molecule has 0 amide bonds. The number of nitrogens with one attached hydrogen (secondary N) is 1. The van der Waals surface area contributed by atoms with Crippen molar-refractivity contribution >= 4 is 5.95 Å². The second-order valence-corrected chi connectivity index (χ2v) is 5.52. The summed E-state index contributed by atoms with van der Waals surface area (Å²) in [6.45, 7) is 2.16. The van der Waals surface area contributed by atoms with E-state index >= 15 is 0 Å². The average Bonchev–Trinajstić information content (AvgIpc) is 3.12. The summed E-state index contributed by atoms with van der Waals surface area (Å²) in [6, 6.07) is 3.06. The normalized spacial score (nSPS) is 25.0. The Morgan fingerprint density at radius 2 is 1.95 bits per heavy atom. The smallest absolute Gasteiger partial charge is 0.240 e. The van der Waals surface area contributed by atoms with Crippen molar-refractivity contribution in [1.29, 1.82) is 0 Å². The zero-order valence-electron chi connectivity index (χ0n) is 11.6. The highest BCUT2D eigenvalue weighted by molar-refractivity contribution is 5.29. The maximum atomic E-state index is 4.47. The molecule has 2 fully saturated rings. The van der Waals surface area contributed by atoms with Crippen LogP contribution in [0.15, 0.2) is 18.5 Å². The van der Waals surface area contributed by atoms with E-state index in [-0.39, 0.29) is 0 Å². The van der Waals surface area contributed by atoms with Crippen LogP contribution in [-0.4, -0.2) is 47.2 Å². The highest BCUT2D eigenvalue weighted by Gasteiger charge is 2.33. The Balaban J connectivity index is 1.80. The summed E-state index contributed by atoms with van der Waals surface area (Å²) in [6.07, 6.45) is 10.1. The van der Waals surface area contributed by atoms with E-state index in [4.69, 9.17) is 0 Å². The van der Waals surface area contributed by atoms with Crippen molar-refractivity contribution < 1.29 is 0 Å². The van der Waals surface area contributed by atoms with Crippen LogP contribution in [-0.2, 0) is 0 Å². The quantitative estimate of drug-likeness (QED) is 0.888. The van der Waals surface area contributed by atoms with Crippen LogP contribution in [0.25, 0.3) is 0 Å². The van der Waals surface area contributed by atoms with Crippen molar-refractivity contribution in [2.75, 3.05) is 25.1 Å². The fourth-order valence-electron chi connectivity index (χ4n) is 3.25. The minimum atomic E-state index is 0.581. The number of anilines is 1. The minimum Gasteiger partial charge on any atom is -0.316 e. The van der Waals surface area contributed by atoms with Gasteiger partial charge in [-0.25, -0.2) is 15.0 Å². The summed E-state index contributed by atoms with van der Waals surface area (Å²) in [4.78, 5) is 8.94. The van der Waals surface area contributed by atoms with Crippen molar-refractivity contribution in [2.24, 2.45) is 0 Å². The lowest BCUT2D eigenvalue weighted by atomic mass is 10.2. The molecule has 0 bridgehead atoms. The second-order valence-electron chi connectivity index (χ2n) is 5.52. The topological polar surface area (TPSA) is 44.3 Å². The predicted molar refractivity (Wildman–Crippen MR) is 75.8 cm³/mol. The molecule has 1 saturated carbocycles. The summed E-state index contributed by atoms with van der Waals surface area (Å²) in [5, 5.41) is 8.18. The van der Waals surface area contributed by atoms with Crippen LogP contribution in [0, 0.1) is 0 Å². The van der Waals surface area contributed by atoms with Gasteiger partial charge < -0.3 is 5.32 Å². The van der Waals surface area contributed by atoms with Crippen molar-refractivity contribution in [3.8, 4) is 0 Å². The lowest BCUT2D eigenvalue weighted by Crippen LogP contribution is -2.49. The van der Waals surface area contributed by atoms with Gasteiger partial charge in [0.25, 0.3) is 0 Å². The summed E-state index contributed by atoms with van der Waals surface area (Å²) in [7, 11) is 2.05. The third kappa shape index (κ3) is 2.72. The molecule has 1 aliphatic heterocycles. The largest absolute Gasteiger partial charge is 0.316 e. The summed E-state index contributed by atoms with van der Waals surface area (Å²) >= 11 is 0. The van der Waals surface area contributed by atoms with Gasteiger partial charge in [0.05, 0.1) is 0 Å². The monoisotopic (exact) mass is 261 g/mol. The number of likely N-dealkylation sites (N-methyl/N-ethyl adjacent to an activating group) is 1. The second kappa shape index (κ2) is 5.84. The number of hydrazine groups is 1. The van der Waals surface area contributed by atoms with Crippen LogP contribution in [0.5, 0.6) is 0 Å². The molecular formula is C14H23N5. The first-order chi connectivity index (χ1) is 9.38. The Morgan fingerprint density at radius 3 is 2.58 bits per heavy atom. The van der Waals surface area contributed by atoms with Crippen LogP contribution in [0.4, 0.5) is 5.95 Å². The van der Waals surface area contributed by atoms with Gasteiger partial charge in [-0.2, -0.15) is 0 Å². The molecule has 0 spiro atoms. The molecule has 5 heteroatoms. The molecule has 5 nitrogen and oxygen atoms in total. The van der Waals surface area contributed by atoms with Gasteiger partial charge in [-0.3, -0.25) is 5.01 Å². The predicted octanol–water partition coefficient (Wildman–Crippen LogP) is 1.43. The first kappa shape index (κ1) is 12.8. The van der Waals surface area contributed by atoms with Crippen molar-refractivity contribution in [3.05, 3.63) is 18.5 Å². The van der Waals surface area contributed by atoms with Crippen LogP contribution in [0.2, 0.25) is 0 Å². The van der Waals surface area contributed by atoms with Gasteiger partial charge in [-0.15, -0.1) is 0 Å². The van der Waals surface area contributed by atoms with Crippen LogP contribution >= 0.6 is 0 Å². The maximum absolute atomic E-state index is 4.47. The molecule has 1 atom stereocenters. The number of aromatic nitrogens is 2. The zero-order valence-corrected chi connectivity index (χ0v) is 11.6. The van der Waals surface area contributed by atoms with Crippen LogP contribution in [0.1, 0.15) is 32.1 Å². The number of nitrogens with zero attached hydrogens (tertiary/aromatic N) is 4. The summed E-state index contributed by atoms with van der Waals surface area (Å²) < 4.78 is 0. The maximum Gasteiger partial charge on any atom is 0.240 e. The number of hydrogen-bond acceptors (Lipinski definition) is 5. The molecule has 0 radical (unpaired) electrons. The molecule has 0 aromatic carbocycles. The van der Waals surface area contributed by atoms with E-state index in [0.29, 0.717) is 12.1 Å². The molecule has 1 aliphatic carbocycles. The van der Waals surface area contributed by atoms with Gasteiger partial charge in [0.15, 0.2) is 0 Å². The van der Waals surface area contributed by atoms with Crippen LogP contribution in [0.3, 0.4) is 0 Å². The highest BCUT2D eigenvalue weighted by Crippen LogP contribution is 2.29. The lowest BCUT2D eigenvalue weighted by Gasteiger charge is -2.36. The molecule has 1 unspecified atom stereocenters. The fraction of sp³-hybridized carbons (Fsp3) is 0.714. The average molecular weight is 261 g/mol. The Bertz CT molecular complexity index is 390. The molecule has 1 aromatic heterocycles. The molecular weight excluding hydrogens is 238 g/mol. The fourth-order valence-corrected chi connectivity index (χ4v) is 3.25. The Morgan fingerprint density at radius 1 is 1.21 bits per heavy atom. The van der Waals surface area contributed by atoms with E-state index in [2.05, 4.69) is 25.3 Å². The first-order valence-electron chi connectivity index (χ1n) is 7.37. The molecule has 2 heterocycles. The van der Waals surface area contributed by atoms with Gasteiger partial charge in [-0.1, -0.05) is 12.8 Å². The Kier molecular flexibility index (Phi) is 3.94. The Labute approximate surface area is 115 Å². The molecule has 2 aliphatic rings. The van der Waals surface area contributed by atoms with Gasteiger partial charge in [-0.05, 0) is 32.4 Å². The van der Waals surface area contributed by atoms with Crippen molar-refractivity contribution in [3.63, 3.8) is 0 Å².